The lowest BCUT2D eigenvalue weighted by Crippen LogP contribution is -2.30. The monoisotopic (exact) mass is 963 g/mol. The van der Waals surface area contributed by atoms with E-state index in [4.69, 9.17) is 14.2 Å². The predicted molar refractivity (Wildman–Crippen MR) is 298 cm³/mol. The fourth-order valence-electron chi connectivity index (χ4n) is 8.29. The Morgan fingerprint density at radius 2 is 0.565 bits per heavy atom. The molecule has 0 amide bonds. The van der Waals surface area contributed by atoms with Gasteiger partial charge < -0.3 is 14.2 Å². The molecule has 0 spiro atoms. The first-order chi connectivity index (χ1) is 34.0. The zero-order chi connectivity index (χ0) is 50.0. The third-order valence-electron chi connectivity index (χ3n) is 12.7. The van der Waals surface area contributed by atoms with Crippen molar-refractivity contribution in [1.29, 1.82) is 0 Å². The van der Waals surface area contributed by atoms with Crippen molar-refractivity contribution in [2.24, 2.45) is 0 Å². The van der Waals surface area contributed by atoms with Crippen LogP contribution in [0.15, 0.2) is 72.9 Å². The second-order valence-electron chi connectivity index (χ2n) is 19.5. The van der Waals surface area contributed by atoms with E-state index in [1.54, 1.807) is 0 Å². The molecule has 0 heterocycles. The normalized spacial score (nSPS) is 12.6. The van der Waals surface area contributed by atoms with Crippen molar-refractivity contribution >= 4 is 17.9 Å². The Hall–Kier alpha value is -3.15. The summed E-state index contributed by atoms with van der Waals surface area (Å²) in [6.07, 6.45) is 73.2. The molecular formula is C63H110O6. The smallest absolute Gasteiger partial charge is 0.306 e. The van der Waals surface area contributed by atoms with E-state index < -0.39 is 6.10 Å². The molecule has 69 heavy (non-hydrogen) atoms. The van der Waals surface area contributed by atoms with Crippen molar-refractivity contribution in [3.63, 3.8) is 0 Å². The molecule has 0 radical (unpaired) electrons. The maximum absolute atomic E-state index is 12.9. The molecule has 0 saturated heterocycles. The van der Waals surface area contributed by atoms with Crippen LogP contribution >= 0.6 is 0 Å². The van der Waals surface area contributed by atoms with Gasteiger partial charge in [-0.1, -0.05) is 254 Å². The summed E-state index contributed by atoms with van der Waals surface area (Å²) in [6.45, 7) is 6.50. The number of carbonyl (C=O) groups excluding carboxylic acids is 3. The minimum Gasteiger partial charge on any atom is -0.462 e. The molecule has 0 fully saturated rings. The van der Waals surface area contributed by atoms with Crippen LogP contribution in [-0.2, 0) is 28.6 Å². The summed E-state index contributed by atoms with van der Waals surface area (Å²) in [5, 5.41) is 0. The number of carbonyl (C=O) groups is 3. The molecule has 0 aliphatic carbocycles. The number of hydrogen-bond donors (Lipinski definition) is 0. The minimum absolute atomic E-state index is 0.0859. The first-order valence-corrected chi connectivity index (χ1v) is 29.4. The highest BCUT2D eigenvalue weighted by atomic mass is 16.6. The molecule has 0 aliphatic rings. The molecule has 0 aliphatic heterocycles. The molecule has 0 rings (SSSR count). The van der Waals surface area contributed by atoms with Gasteiger partial charge in [-0.15, -0.1) is 0 Å². The maximum atomic E-state index is 12.9. The Bertz CT molecular complexity index is 1290. The van der Waals surface area contributed by atoms with Crippen molar-refractivity contribution in [2.45, 2.75) is 297 Å². The van der Waals surface area contributed by atoms with Gasteiger partial charge in [0.1, 0.15) is 13.2 Å². The Morgan fingerprint density at radius 3 is 0.913 bits per heavy atom. The van der Waals surface area contributed by atoms with Crippen LogP contribution in [0.4, 0.5) is 0 Å². The molecule has 0 aromatic carbocycles. The Balaban J connectivity index is 4.40. The van der Waals surface area contributed by atoms with Crippen LogP contribution in [0.3, 0.4) is 0 Å². The summed E-state index contributed by atoms with van der Waals surface area (Å²) in [4.78, 5) is 38.2. The average molecular weight is 964 g/mol. The van der Waals surface area contributed by atoms with Crippen molar-refractivity contribution in [3.8, 4) is 0 Å². The third-order valence-corrected chi connectivity index (χ3v) is 12.7. The van der Waals surface area contributed by atoms with Crippen LogP contribution in [-0.4, -0.2) is 37.2 Å². The Morgan fingerprint density at radius 1 is 0.304 bits per heavy atom. The summed E-state index contributed by atoms with van der Waals surface area (Å²) in [5.41, 5.74) is 0. The molecule has 0 N–H and O–H groups in total. The summed E-state index contributed by atoms with van der Waals surface area (Å²) in [7, 11) is 0. The summed E-state index contributed by atoms with van der Waals surface area (Å²) >= 11 is 0. The van der Waals surface area contributed by atoms with Gasteiger partial charge in [0.15, 0.2) is 6.10 Å². The van der Waals surface area contributed by atoms with E-state index in [9.17, 15) is 14.4 Å². The highest BCUT2D eigenvalue weighted by Crippen LogP contribution is 2.16. The van der Waals surface area contributed by atoms with Gasteiger partial charge in [-0.3, -0.25) is 14.4 Å². The molecular weight excluding hydrogens is 853 g/mol. The van der Waals surface area contributed by atoms with Gasteiger partial charge in [0.05, 0.1) is 0 Å². The third kappa shape index (κ3) is 55.6. The second kappa shape index (κ2) is 57.4. The van der Waals surface area contributed by atoms with Gasteiger partial charge in [0.25, 0.3) is 0 Å². The lowest BCUT2D eigenvalue weighted by atomic mass is 10.0. The minimum atomic E-state index is -0.787. The Labute approximate surface area is 427 Å². The highest BCUT2D eigenvalue weighted by Gasteiger charge is 2.19. The number of ether oxygens (including phenoxy) is 3. The van der Waals surface area contributed by atoms with Crippen LogP contribution < -0.4 is 0 Å². The first-order valence-electron chi connectivity index (χ1n) is 29.4. The lowest BCUT2D eigenvalue weighted by molar-refractivity contribution is -0.167. The van der Waals surface area contributed by atoms with Gasteiger partial charge in [-0.05, 0) is 89.9 Å². The standard InChI is InChI=1S/C63H110O6/c1-4-7-10-13-16-19-22-25-28-30-31-33-35-38-41-44-47-50-53-56-62(65)68-59-60(58-67-61(64)55-52-49-46-43-40-37-34-27-24-21-18-15-12-9-6-3)69-63(66)57-54-51-48-45-42-39-36-32-29-26-23-20-17-14-11-8-5-2/h9,12,16,18-19,21,25,27-28,31,33-34,60H,4-8,10-11,13-15,17,20,22-24,26,29-30,32,35-59H2,1-3H3/b12-9-,19-16-,21-18-,28-25-,33-31-,34-27-/t60-/m1/s1. The van der Waals surface area contributed by atoms with Gasteiger partial charge in [-0.2, -0.15) is 0 Å². The highest BCUT2D eigenvalue weighted by molar-refractivity contribution is 5.71. The number of rotatable bonds is 53. The summed E-state index contributed by atoms with van der Waals surface area (Å²) in [6, 6.07) is 0. The van der Waals surface area contributed by atoms with E-state index >= 15 is 0 Å². The number of unbranched alkanes of at least 4 members (excludes halogenated alkanes) is 30. The van der Waals surface area contributed by atoms with Crippen LogP contribution in [0.1, 0.15) is 290 Å². The SMILES string of the molecule is CC/C=C\C/C=C\C/C=C\CCCCCCCC(=O)OC[C@H](COC(=O)CCCCCCCC/C=C\C/C=C\C/C=C\CCCCC)OC(=O)CCCCCCCCCCCCCCCCCCC. The van der Waals surface area contributed by atoms with Crippen LogP contribution in [0.5, 0.6) is 0 Å². The van der Waals surface area contributed by atoms with E-state index in [1.165, 1.54) is 135 Å². The molecule has 6 heteroatoms. The zero-order valence-corrected chi connectivity index (χ0v) is 45.6. The largest absolute Gasteiger partial charge is 0.462 e. The average Bonchev–Trinajstić information content (AvgIpc) is 3.35. The van der Waals surface area contributed by atoms with E-state index in [1.807, 2.05) is 0 Å². The molecule has 0 bridgehead atoms. The van der Waals surface area contributed by atoms with Crippen molar-refractivity contribution in [1.82, 2.24) is 0 Å². The first kappa shape index (κ1) is 65.8. The molecule has 0 aromatic heterocycles. The van der Waals surface area contributed by atoms with E-state index in [2.05, 4.69) is 93.7 Å². The summed E-state index contributed by atoms with van der Waals surface area (Å²) in [5.74, 6) is -0.902. The second-order valence-corrected chi connectivity index (χ2v) is 19.5. The number of esters is 3. The predicted octanol–water partition coefficient (Wildman–Crippen LogP) is 19.8. The van der Waals surface area contributed by atoms with Crippen LogP contribution in [0.25, 0.3) is 0 Å². The van der Waals surface area contributed by atoms with Crippen molar-refractivity contribution in [2.75, 3.05) is 13.2 Å². The van der Waals surface area contributed by atoms with Crippen LogP contribution in [0, 0.1) is 0 Å². The molecule has 0 saturated carbocycles. The van der Waals surface area contributed by atoms with Gasteiger partial charge >= 0.3 is 17.9 Å². The zero-order valence-electron chi connectivity index (χ0n) is 45.6. The van der Waals surface area contributed by atoms with Gasteiger partial charge in [-0.25, -0.2) is 0 Å². The molecule has 1 atom stereocenters. The number of hydrogen-bond acceptors (Lipinski definition) is 6. The lowest BCUT2D eigenvalue weighted by Gasteiger charge is -2.18. The van der Waals surface area contributed by atoms with Crippen molar-refractivity contribution in [3.05, 3.63) is 72.9 Å². The molecule has 398 valence electrons. The molecule has 0 aromatic rings. The van der Waals surface area contributed by atoms with Crippen molar-refractivity contribution < 1.29 is 28.6 Å². The Kier molecular flexibility index (Phi) is 54.8. The van der Waals surface area contributed by atoms with Gasteiger partial charge in [0.2, 0.25) is 0 Å². The quantitative estimate of drug-likeness (QED) is 0.0262. The fourth-order valence-corrected chi connectivity index (χ4v) is 8.29. The molecule has 0 unspecified atom stereocenters. The molecule has 6 nitrogen and oxygen atoms in total. The van der Waals surface area contributed by atoms with E-state index in [-0.39, 0.29) is 31.1 Å². The van der Waals surface area contributed by atoms with Gasteiger partial charge in [0, 0.05) is 19.3 Å². The maximum Gasteiger partial charge on any atom is 0.306 e. The van der Waals surface area contributed by atoms with E-state index in [0.29, 0.717) is 19.3 Å². The van der Waals surface area contributed by atoms with E-state index in [0.717, 1.165) is 116 Å². The number of allylic oxidation sites excluding steroid dienone is 12. The fraction of sp³-hybridized carbons (Fsp3) is 0.762. The topological polar surface area (TPSA) is 78.9 Å². The summed E-state index contributed by atoms with van der Waals surface area (Å²) < 4.78 is 16.9. The van der Waals surface area contributed by atoms with Crippen LogP contribution in [0.2, 0.25) is 0 Å².